The van der Waals surface area contributed by atoms with E-state index in [4.69, 9.17) is 0 Å². The van der Waals surface area contributed by atoms with E-state index in [2.05, 4.69) is 12.6 Å². The minimum absolute atomic E-state index is 0.0108. The van der Waals surface area contributed by atoms with Gasteiger partial charge in [0.15, 0.2) is 0 Å². The number of thiol groups is 1. The van der Waals surface area contributed by atoms with E-state index in [0.29, 0.717) is 5.56 Å². The van der Waals surface area contributed by atoms with E-state index in [0.717, 1.165) is 10.5 Å². The second-order valence-electron chi connectivity index (χ2n) is 3.84. The Morgan fingerprint density at radius 2 is 1.44 bits per heavy atom. The zero-order valence-electron chi connectivity index (χ0n) is 9.35. The molecule has 92 valence electrons. The van der Waals surface area contributed by atoms with E-state index in [1.807, 2.05) is 0 Å². The maximum Gasteiger partial charge on any atom is 0.269 e. The standard InChI is InChI=1S/C13H11NO3S/c15-13(10-3-7-12(18)8-4-10)9-1-5-11(6-2-9)14(16)17/h1-8,13,15,18H. The van der Waals surface area contributed by atoms with Crippen molar-refractivity contribution in [1.29, 1.82) is 0 Å². The van der Waals surface area contributed by atoms with Crippen LogP contribution in [0.5, 0.6) is 0 Å². The van der Waals surface area contributed by atoms with Crippen molar-refractivity contribution in [3.8, 4) is 0 Å². The predicted octanol–water partition coefficient (Wildman–Crippen LogP) is 2.97. The van der Waals surface area contributed by atoms with Crippen molar-refractivity contribution >= 4 is 18.3 Å². The van der Waals surface area contributed by atoms with Gasteiger partial charge in [-0.15, -0.1) is 12.6 Å². The molecule has 0 aromatic heterocycles. The fourth-order valence-electron chi connectivity index (χ4n) is 1.63. The highest BCUT2D eigenvalue weighted by atomic mass is 32.1. The molecule has 0 fully saturated rings. The summed E-state index contributed by atoms with van der Waals surface area (Å²) in [6.45, 7) is 0. The Bertz CT molecular complexity index is 551. The lowest BCUT2D eigenvalue weighted by Crippen LogP contribution is -1.99. The first-order valence-corrected chi connectivity index (χ1v) is 5.74. The van der Waals surface area contributed by atoms with Crippen LogP contribution in [0.15, 0.2) is 53.4 Å². The Morgan fingerprint density at radius 1 is 1.00 bits per heavy atom. The molecule has 0 radical (unpaired) electrons. The van der Waals surface area contributed by atoms with Gasteiger partial charge in [-0.3, -0.25) is 10.1 Å². The van der Waals surface area contributed by atoms with Gasteiger partial charge in [0.1, 0.15) is 6.10 Å². The molecule has 4 nitrogen and oxygen atoms in total. The van der Waals surface area contributed by atoms with Gasteiger partial charge in [0.05, 0.1) is 4.92 Å². The van der Waals surface area contributed by atoms with Crippen molar-refractivity contribution in [1.82, 2.24) is 0 Å². The van der Waals surface area contributed by atoms with Crippen LogP contribution in [0.3, 0.4) is 0 Å². The molecule has 5 heteroatoms. The summed E-state index contributed by atoms with van der Waals surface area (Å²) in [5.41, 5.74) is 1.35. The third kappa shape index (κ3) is 2.69. The molecule has 0 spiro atoms. The molecule has 0 aliphatic rings. The summed E-state index contributed by atoms with van der Waals surface area (Å²) in [4.78, 5) is 10.9. The lowest BCUT2D eigenvalue weighted by atomic mass is 10.0. The number of aliphatic hydroxyl groups is 1. The summed E-state index contributed by atoms with van der Waals surface area (Å²) in [5.74, 6) is 0. The van der Waals surface area contributed by atoms with Crippen LogP contribution < -0.4 is 0 Å². The van der Waals surface area contributed by atoms with E-state index in [1.54, 1.807) is 36.4 Å². The van der Waals surface area contributed by atoms with Gasteiger partial charge in [-0.2, -0.15) is 0 Å². The zero-order valence-corrected chi connectivity index (χ0v) is 10.2. The third-order valence-corrected chi connectivity index (χ3v) is 2.93. The average Bonchev–Trinajstić information content (AvgIpc) is 2.39. The lowest BCUT2D eigenvalue weighted by molar-refractivity contribution is -0.384. The number of aliphatic hydroxyl groups excluding tert-OH is 1. The molecule has 0 aliphatic heterocycles. The molecule has 0 saturated heterocycles. The number of benzene rings is 2. The number of nitro benzene ring substituents is 1. The van der Waals surface area contributed by atoms with E-state index < -0.39 is 11.0 Å². The molecule has 0 heterocycles. The molecule has 0 amide bonds. The number of non-ortho nitro benzene ring substituents is 1. The third-order valence-electron chi connectivity index (χ3n) is 2.63. The molecule has 1 unspecified atom stereocenters. The highest BCUT2D eigenvalue weighted by Gasteiger charge is 2.12. The molecule has 0 bridgehead atoms. The van der Waals surface area contributed by atoms with Crippen LogP contribution in [0.2, 0.25) is 0 Å². The van der Waals surface area contributed by atoms with E-state index >= 15 is 0 Å². The fraction of sp³-hybridized carbons (Fsp3) is 0.0769. The number of nitrogens with zero attached hydrogens (tertiary/aromatic N) is 1. The van der Waals surface area contributed by atoms with Gasteiger partial charge in [0.25, 0.3) is 5.69 Å². The van der Waals surface area contributed by atoms with Gasteiger partial charge in [-0.1, -0.05) is 12.1 Å². The second kappa shape index (κ2) is 5.20. The maximum atomic E-state index is 10.5. The molecule has 2 rings (SSSR count). The second-order valence-corrected chi connectivity index (χ2v) is 4.36. The molecule has 1 N–H and O–H groups in total. The Kier molecular flexibility index (Phi) is 3.64. The van der Waals surface area contributed by atoms with Gasteiger partial charge in [-0.05, 0) is 35.4 Å². The van der Waals surface area contributed by atoms with Crippen LogP contribution in [-0.2, 0) is 0 Å². The van der Waals surface area contributed by atoms with Gasteiger partial charge in [0.2, 0.25) is 0 Å². The van der Waals surface area contributed by atoms with Crippen LogP contribution >= 0.6 is 12.6 Å². The van der Waals surface area contributed by atoms with Crippen LogP contribution in [0.1, 0.15) is 17.2 Å². The number of hydrogen-bond donors (Lipinski definition) is 2. The van der Waals surface area contributed by atoms with Gasteiger partial charge < -0.3 is 5.11 Å². The topological polar surface area (TPSA) is 63.4 Å². The molecule has 1 atom stereocenters. The minimum Gasteiger partial charge on any atom is -0.384 e. The van der Waals surface area contributed by atoms with Crippen molar-refractivity contribution in [2.45, 2.75) is 11.0 Å². The number of hydrogen-bond acceptors (Lipinski definition) is 4. The molecule has 0 aliphatic carbocycles. The van der Waals surface area contributed by atoms with Crippen molar-refractivity contribution < 1.29 is 10.0 Å². The maximum absolute atomic E-state index is 10.5. The van der Waals surface area contributed by atoms with E-state index in [1.165, 1.54) is 12.1 Å². The summed E-state index contributed by atoms with van der Waals surface area (Å²) < 4.78 is 0. The first-order valence-electron chi connectivity index (χ1n) is 5.29. The lowest BCUT2D eigenvalue weighted by Gasteiger charge is -2.11. The molecule has 18 heavy (non-hydrogen) atoms. The van der Waals surface area contributed by atoms with Crippen LogP contribution in [-0.4, -0.2) is 10.0 Å². The quantitative estimate of drug-likeness (QED) is 0.507. The summed E-state index contributed by atoms with van der Waals surface area (Å²) in [6, 6.07) is 13.0. The fourth-order valence-corrected chi connectivity index (χ4v) is 1.78. The minimum atomic E-state index is -0.792. The monoisotopic (exact) mass is 261 g/mol. The summed E-state index contributed by atoms with van der Waals surface area (Å²) in [7, 11) is 0. The molecule has 2 aromatic rings. The van der Waals surface area contributed by atoms with Crippen molar-refractivity contribution in [3.63, 3.8) is 0 Å². The predicted molar refractivity (Wildman–Crippen MR) is 70.9 cm³/mol. The Balaban J connectivity index is 2.25. The molecular weight excluding hydrogens is 250 g/mol. The first-order chi connectivity index (χ1) is 8.58. The largest absolute Gasteiger partial charge is 0.384 e. The molecule has 2 aromatic carbocycles. The van der Waals surface area contributed by atoms with E-state index in [9.17, 15) is 15.2 Å². The van der Waals surface area contributed by atoms with Crippen molar-refractivity contribution in [2.75, 3.05) is 0 Å². The number of nitro groups is 1. The summed E-state index contributed by atoms with van der Waals surface area (Å²) in [5, 5.41) is 20.6. The van der Waals surface area contributed by atoms with E-state index in [-0.39, 0.29) is 5.69 Å². The normalized spacial score (nSPS) is 12.1. The summed E-state index contributed by atoms with van der Waals surface area (Å²) >= 11 is 4.17. The Hall–Kier alpha value is -1.85. The SMILES string of the molecule is O=[N+]([O-])c1ccc(C(O)c2ccc(S)cc2)cc1. The highest BCUT2D eigenvalue weighted by molar-refractivity contribution is 7.80. The highest BCUT2D eigenvalue weighted by Crippen LogP contribution is 2.24. The number of rotatable bonds is 3. The van der Waals surface area contributed by atoms with Crippen LogP contribution in [0.4, 0.5) is 5.69 Å². The zero-order chi connectivity index (χ0) is 13.1. The molecule has 0 saturated carbocycles. The van der Waals surface area contributed by atoms with Gasteiger partial charge in [0, 0.05) is 17.0 Å². The van der Waals surface area contributed by atoms with Crippen molar-refractivity contribution in [2.24, 2.45) is 0 Å². The van der Waals surface area contributed by atoms with Crippen LogP contribution in [0, 0.1) is 10.1 Å². The Labute approximate surface area is 109 Å². The Morgan fingerprint density at radius 3 is 1.89 bits per heavy atom. The average molecular weight is 261 g/mol. The van der Waals surface area contributed by atoms with Crippen molar-refractivity contribution in [3.05, 3.63) is 69.8 Å². The van der Waals surface area contributed by atoms with Crippen LogP contribution in [0.25, 0.3) is 0 Å². The first kappa shape index (κ1) is 12.6. The van der Waals surface area contributed by atoms with Gasteiger partial charge >= 0.3 is 0 Å². The smallest absolute Gasteiger partial charge is 0.269 e. The summed E-state index contributed by atoms with van der Waals surface area (Å²) in [6.07, 6.45) is -0.792. The van der Waals surface area contributed by atoms with Gasteiger partial charge in [-0.25, -0.2) is 0 Å². The molecular formula is C13H11NO3S.